The van der Waals surface area contributed by atoms with Crippen LogP contribution in [0.25, 0.3) is 0 Å². The Bertz CT molecular complexity index is 1460. The average molecular weight is 458 g/mol. The number of ketones is 2. The van der Waals surface area contributed by atoms with Crippen LogP contribution in [0.15, 0.2) is 60.7 Å². The number of nitro groups is 2. The van der Waals surface area contributed by atoms with Crippen LogP contribution in [0.3, 0.4) is 0 Å². The molecule has 2 aliphatic rings. The molecule has 12 nitrogen and oxygen atoms in total. The SMILES string of the molecule is O=C1C(c2cccc(C3=[N+]([O-])c4cc([N+](=O)[O-])ccc4C3=O)c2)=[N+]([O-])c2cc([N+](=O)[O-])ccc21. The monoisotopic (exact) mass is 458 g/mol. The van der Waals surface area contributed by atoms with Crippen LogP contribution in [0, 0.1) is 30.6 Å². The van der Waals surface area contributed by atoms with Crippen molar-refractivity contribution in [3.05, 3.63) is 114 Å². The molecule has 166 valence electrons. The third kappa shape index (κ3) is 2.86. The third-order valence-corrected chi connectivity index (χ3v) is 5.56. The van der Waals surface area contributed by atoms with Crippen LogP contribution < -0.4 is 0 Å². The second kappa shape index (κ2) is 7.13. The van der Waals surface area contributed by atoms with E-state index in [4.69, 9.17) is 0 Å². The first-order valence-electron chi connectivity index (χ1n) is 9.64. The Morgan fingerprint density at radius 3 is 1.41 bits per heavy atom. The Morgan fingerprint density at radius 1 is 0.618 bits per heavy atom. The molecule has 0 spiro atoms. The second-order valence-corrected chi connectivity index (χ2v) is 7.44. The lowest BCUT2D eigenvalue weighted by Gasteiger charge is -2.05. The maximum Gasteiger partial charge on any atom is 0.276 e. The molecule has 0 radical (unpaired) electrons. The summed E-state index contributed by atoms with van der Waals surface area (Å²) in [5.41, 5.74) is -1.59. The van der Waals surface area contributed by atoms with Crippen molar-refractivity contribution >= 4 is 45.7 Å². The minimum Gasteiger partial charge on any atom is -0.618 e. The molecular weight excluding hydrogens is 448 g/mol. The van der Waals surface area contributed by atoms with Gasteiger partial charge in [-0.3, -0.25) is 29.8 Å². The normalized spacial score (nSPS) is 14.5. The van der Waals surface area contributed by atoms with E-state index in [9.17, 15) is 40.2 Å². The molecule has 0 aromatic heterocycles. The first kappa shape index (κ1) is 20.6. The Morgan fingerprint density at radius 2 is 1.03 bits per heavy atom. The highest BCUT2D eigenvalue weighted by Crippen LogP contribution is 2.34. The highest BCUT2D eigenvalue weighted by atomic mass is 16.6. The van der Waals surface area contributed by atoms with E-state index >= 15 is 0 Å². The van der Waals surface area contributed by atoms with Gasteiger partial charge in [-0.15, -0.1) is 0 Å². The van der Waals surface area contributed by atoms with E-state index in [2.05, 4.69) is 0 Å². The summed E-state index contributed by atoms with van der Waals surface area (Å²) in [4.78, 5) is 46.4. The molecule has 0 bridgehead atoms. The van der Waals surface area contributed by atoms with Crippen molar-refractivity contribution < 1.29 is 28.9 Å². The molecule has 0 fully saturated rings. The number of non-ortho nitro benzene ring substituents is 2. The average Bonchev–Trinajstić information content (AvgIpc) is 3.22. The topological polar surface area (TPSA) is 173 Å². The molecular formula is C22H10N4O8. The maximum atomic E-state index is 12.9. The number of Topliss-reactive ketones (excluding diaryl/α,β-unsaturated/α-hetero) is 2. The summed E-state index contributed by atoms with van der Waals surface area (Å²) in [5.74, 6) is -1.34. The standard InChI is InChI=1S/C22H10N4O8/c27-21-15-6-4-13(25(31)32)9-17(15)23(29)19(21)11-2-1-3-12(8-11)20-22(28)16-7-5-14(26(33)34)10-18(16)24(20)30/h1-10H. The van der Waals surface area contributed by atoms with Gasteiger partial charge in [-0.25, -0.2) is 0 Å². The molecule has 5 rings (SSSR count). The van der Waals surface area contributed by atoms with Crippen LogP contribution in [0.4, 0.5) is 22.7 Å². The zero-order chi connectivity index (χ0) is 24.3. The summed E-state index contributed by atoms with van der Waals surface area (Å²) in [6.45, 7) is 0. The Hall–Kier alpha value is -5.26. The van der Waals surface area contributed by atoms with Crippen molar-refractivity contribution in [2.75, 3.05) is 0 Å². The third-order valence-electron chi connectivity index (χ3n) is 5.56. The minimum absolute atomic E-state index is 0.0178. The van der Waals surface area contributed by atoms with Gasteiger partial charge in [0, 0.05) is 12.1 Å². The number of hydrogen-bond donors (Lipinski definition) is 0. The van der Waals surface area contributed by atoms with Crippen molar-refractivity contribution in [2.24, 2.45) is 0 Å². The van der Waals surface area contributed by atoms with Gasteiger partial charge in [0.25, 0.3) is 34.4 Å². The van der Waals surface area contributed by atoms with E-state index in [0.29, 0.717) is 0 Å². The summed E-state index contributed by atoms with van der Waals surface area (Å²) < 4.78 is 0.552. The fraction of sp³-hybridized carbons (Fsp3) is 0. The quantitative estimate of drug-likeness (QED) is 0.248. The molecule has 0 atom stereocenters. The smallest absolute Gasteiger partial charge is 0.276 e. The van der Waals surface area contributed by atoms with E-state index in [1.54, 1.807) is 0 Å². The van der Waals surface area contributed by atoms with E-state index in [1.165, 1.54) is 36.4 Å². The van der Waals surface area contributed by atoms with Gasteiger partial charge in [-0.05, 0) is 30.3 Å². The van der Waals surface area contributed by atoms with E-state index < -0.39 is 21.4 Å². The molecule has 2 heterocycles. The van der Waals surface area contributed by atoms with Crippen molar-refractivity contribution in [1.29, 1.82) is 0 Å². The Balaban J connectivity index is 1.61. The fourth-order valence-electron chi connectivity index (χ4n) is 3.98. The van der Waals surface area contributed by atoms with Gasteiger partial charge in [0.1, 0.15) is 11.1 Å². The number of fused-ring (bicyclic) bond motifs is 2. The predicted octanol–water partition coefficient (Wildman–Crippen LogP) is 3.16. The molecule has 0 N–H and O–H groups in total. The summed E-state index contributed by atoms with van der Waals surface area (Å²) in [7, 11) is 0. The van der Waals surface area contributed by atoms with Crippen LogP contribution in [0.5, 0.6) is 0 Å². The van der Waals surface area contributed by atoms with Crippen LogP contribution in [0.1, 0.15) is 31.8 Å². The van der Waals surface area contributed by atoms with Crippen molar-refractivity contribution in [3.8, 4) is 0 Å². The minimum atomic E-state index is -0.690. The zero-order valence-electron chi connectivity index (χ0n) is 16.8. The van der Waals surface area contributed by atoms with Gasteiger partial charge in [0.05, 0.1) is 33.1 Å². The van der Waals surface area contributed by atoms with Crippen molar-refractivity contribution in [3.63, 3.8) is 0 Å². The molecule has 12 heteroatoms. The summed E-state index contributed by atoms with van der Waals surface area (Å²) in [6.07, 6.45) is 0. The van der Waals surface area contributed by atoms with Crippen LogP contribution in [0.2, 0.25) is 0 Å². The molecule has 0 saturated carbocycles. The molecule has 3 aromatic rings. The lowest BCUT2D eigenvalue weighted by Crippen LogP contribution is -2.20. The summed E-state index contributed by atoms with van der Waals surface area (Å²) >= 11 is 0. The predicted molar refractivity (Wildman–Crippen MR) is 116 cm³/mol. The van der Waals surface area contributed by atoms with E-state index in [1.807, 2.05) is 0 Å². The van der Waals surface area contributed by atoms with Gasteiger partial charge in [0.2, 0.25) is 11.4 Å². The van der Waals surface area contributed by atoms with Crippen LogP contribution in [-0.4, -0.2) is 42.3 Å². The highest BCUT2D eigenvalue weighted by Gasteiger charge is 2.40. The first-order valence-corrected chi connectivity index (χ1v) is 9.64. The summed E-state index contributed by atoms with van der Waals surface area (Å²) in [5, 5.41) is 47.8. The first-order chi connectivity index (χ1) is 16.2. The molecule has 2 aliphatic heterocycles. The van der Waals surface area contributed by atoms with Crippen molar-refractivity contribution in [1.82, 2.24) is 0 Å². The lowest BCUT2D eigenvalue weighted by atomic mass is 9.97. The fourth-order valence-corrected chi connectivity index (χ4v) is 3.98. The maximum absolute atomic E-state index is 12.9. The zero-order valence-corrected chi connectivity index (χ0v) is 16.8. The van der Waals surface area contributed by atoms with E-state index in [0.717, 1.165) is 24.3 Å². The van der Waals surface area contributed by atoms with Gasteiger partial charge in [-0.1, -0.05) is 6.07 Å². The van der Waals surface area contributed by atoms with E-state index in [-0.39, 0.29) is 65.9 Å². The van der Waals surface area contributed by atoms with Crippen LogP contribution >= 0.6 is 0 Å². The number of carbonyl (C=O) groups excluding carboxylic acids is 2. The molecule has 0 unspecified atom stereocenters. The summed E-state index contributed by atoms with van der Waals surface area (Å²) in [6, 6.07) is 12.2. The molecule has 0 amide bonds. The number of nitro benzene ring substituents is 2. The van der Waals surface area contributed by atoms with Gasteiger partial charge >= 0.3 is 0 Å². The highest BCUT2D eigenvalue weighted by molar-refractivity contribution is 6.54. The largest absolute Gasteiger partial charge is 0.618 e. The molecule has 3 aromatic carbocycles. The molecule has 34 heavy (non-hydrogen) atoms. The Kier molecular flexibility index (Phi) is 4.33. The van der Waals surface area contributed by atoms with Crippen LogP contribution in [-0.2, 0) is 0 Å². The van der Waals surface area contributed by atoms with Gasteiger partial charge in [-0.2, -0.15) is 9.48 Å². The van der Waals surface area contributed by atoms with Crippen molar-refractivity contribution in [2.45, 2.75) is 0 Å². The molecule has 0 saturated heterocycles. The second-order valence-electron chi connectivity index (χ2n) is 7.44. The number of rotatable bonds is 4. The number of benzene rings is 3. The molecule has 0 aliphatic carbocycles. The number of hydrogen-bond acceptors (Lipinski definition) is 8. The van der Waals surface area contributed by atoms with Gasteiger partial charge < -0.3 is 10.4 Å². The number of carbonyl (C=O) groups is 2. The Labute approximate surface area is 188 Å². The van der Waals surface area contributed by atoms with Gasteiger partial charge in [0.15, 0.2) is 0 Å². The lowest BCUT2D eigenvalue weighted by molar-refractivity contribution is -0.387. The number of nitrogens with zero attached hydrogens (tertiary/aromatic N) is 4.